The quantitative estimate of drug-likeness (QED) is 0.139. The Morgan fingerprint density at radius 2 is 1.12 bits per heavy atom. The lowest BCUT2D eigenvalue weighted by Crippen LogP contribution is -2.36. The van der Waals surface area contributed by atoms with Gasteiger partial charge in [0, 0.05) is 26.2 Å². The van der Waals surface area contributed by atoms with Crippen molar-refractivity contribution in [2.24, 2.45) is 5.14 Å². The van der Waals surface area contributed by atoms with Crippen molar-refractivity contribution in [3.8, 4) is 11.5 Å². The number of hydrogen-bond acceptors (Lipinski definition) is 6. The summed E-state index contributed by atoms with van der Waals surface area (Å²) >= 11 is 0. The minimum absolute atomic E-state index is 0.0814. The van der Waals surface area contributed by atoms with E-state index in [-0.39, 0.29) is 10.6 Å². The summed E-state index contributed by atoms with van der Waals surface area (Å²) in [5, 5.41) is 11.3. The van der Waals surface area contributed by atoms with E-state index in [9.17, 15) is 8.42 Å². The molecule has 42 heavy (non-hydrogen) atoms. The lowest BCUT2D eigenvalue weighted by Gasteiger charge is -2.25. The standard InChI is InChI=1S/C34H34N4O3S/c35-42(39,40)33-22-30(26-38(25-29-17-9-3-10-18-29)37-24-28-15-7-2-8-16-28)21-32(36-23-27-13-5-1-6-14-27)34(33)41-31-19-11-4-12-20-31/h1-22,36-37H,23-26H2,(H2,35,39,40). The van der Waals surface area contributed by atoms with Crippen molar-refractivity contribution in [2.45, 2.75) is 31.1 Å². The molecule has 8 heteroatoms. The molecule has 0 aliphatic rings. The van der Waals surface area contributed by atoms with Gasteiger partial charge in [0.1, 0.15) is 10.6 Å². The van der Waals surface area contributed by atoms with Gasteiger partial charge in [-0.3, -0.25) is 5.43 Å². The number of nitrogens with one attached hydrogen (secondary N) is 2. The van der Waals surface area contributed by atoms with Crippen LogP contribution < -0.4 is 20.6 Å². The number of nitrogens with two attached hydrogens (primary N) is 1. The van der Waals surface area contributed by atoms with Gasteiger partial charge in [-0.2, -0.15) is 0 Å². The summed E-state index contributed by atoms with van der Waals surface area (Å²) < 4.78 is 32.1. The summed E-state index contributed by atoms with van der Waals surface area (Å²) in [6.07, 6.45) is 0. The first-order valence-corrected chi connectivity index (χ1v) is 15.3. The maximum atomic E-state index is 13.0. The van der Waals surface area contributed by atoms with Crippen molar-refractivity contribution < 1.29 is 13.2 Å². The van der Waals surface area contributed by atoms with E-state index in [1.54, 1.807) is 18.2 Å². The SMILES string of the molecule is NS(=O)(=O)c1cc(CN(Cc2ccccc2)NCc2ccccc2)cc(NCc2ccccc2)c1Oc1ccccc1. The Morgan fingerprint density at radius 1 is 0.619 bits per heavy atom. The van der Waals surface area contributed by atoms with Gasteiger partial charge in [-0.15, -0.1) is 0 Å². The molecule has 0 saturated heterocycles. The second-order valence-electron chi connectivity index (χ2n) is 9.93. The molecule has 0 radical (unpaired) electrons. The Bertz CT molecular complexity index is 1670. The van der Waals surface area contributed by atoms with E-state index in [2.05, 4.69) is 40.0 Å². The first kappa shape index (κ1) is 29.0. The van der Waals surface area contributed by atoms with Crippen molar-refractivity contribution in [2.75, 3.05) is 5.32 Å². The van der Waals surface area contributed by atoms with Gasteiger partial charge >= 0.3 is 0 Å². The number of primary sulfonamides is 1. The third-order valence-electron chi connectivity index (χ3n) is 6.65. The van der Waals surface area contributed by atoms with E-state index in [1.165, 1.54) is 0 Å². The molecule has 0 unspecified atom stereocenters. The fraction of sp³-hybridized carbons (Fsp3) is 0.118. The van der Waals surface area contributed by atoms with Crippen LogP contribution in [0.3, 0.4) is 0 Å². The normalized spacial score (nSPS) is 11.4. The average molecular weight is 579 g/mol. The summed E-state index contributed by atoms with van der Waals surface area (Å²) in [7, 11) is -4.14. The number of nitrogens with zero attached hydrogens (tertiary/aromatic N) is 1. The van der Waals surface area contributed by atoms with Gasteiger partial charge in [-0.05, 0) is 46.5 Å². The van der Waals surface area contributed by atoms with Gasteiger partial charge in [0.2, 0.25) is 10.0 Å². The molecule has 0 aromatic heterocycles. The largest absolute Gasteiger partial charge is 0.454 e. The van der Waals surface area contributed by atoms with Crippen LogP contribution in [0.2, 0.25) is 0 Å². The number of para-hydroxylation sites is 1. The summed E-state index contributed by atoms with van der Waals surface area (Å²) in [6.45, 7) is 2.10. The van der Waals surface area contributed by atoms with Crippen LogP contribution in [0.4, 0.5) is 5.69 Å². The van der Waals surface area contributed by atoms with E-state index in [1.807, 2.05) is 91.0 Å². The number of ether oxygens (including phenoxy) is 1. The number of anilines is 1. The van der Waals surface area contributed by atoms with Crippen LogP contribution in [0, 0.1) is 0 Å². The molecule has 5 aromatic rings. The third-order valence-corrected chi connectivity index (χ3v) is 7.57. The first-order valence-electron chi connectivity index (χ1n) is 13.7. The zero-order valence-electron chi connectivity index (χ0n) is 23.2. The Kier molecular flexibility index (Phi) is 9.63. The Balaban J connectivity index is 1.50. The molecule has 5 aromatic carbocycles. The number of hydrazine groups is 1. The molecule has 0 atom stereocenters. The van der Waals surface area contributed by atoms with Gasteiger partial charge in [0.25, 0.3) is 0 Å². The topological polar surface area (TPSA) is 96.7 Å². The summed E-state index contributed by atoms with van der Waals surface area (Å²) in [5.41, 5.74) is 8.11. The molecule has 0 aliphatic heterocycles. The first-order chi connectivity index (χ1) is 20.4. The second-order valence-corrected chi connectivity index (χ2v) is 11.5. The monoisotopic (exact) mass is 578 g/mol. The molecule has 5 rings (SSSR count). The van der Waals surface area contributed by atoms with Crippen molar-refractivity contribution >= 4 is 15.7 Å². The second kappa shape index (κ2) is 13.9. The zero-order valence-corrected chi connectivity index (χ0v) is 24.0. The number of sulfonamides is 1. The van der Waals surface area contributed by atoms with E-state index in [0.29, 0.717) is 37.6 Å². The van der Waals surface area contributed by atoms with Gasteiger partial charge in [-0.25, -0.2) is 18.6 Å². The lowest BCUT2D eigenvalue weighted by atomic mass is 10.1. The molecule has 4 N–H and O–H groups in total. The minimum Gasteiger partial charge on any atom is -0.454 e. The van der Waals surface area contributed by atoms with E-state index < -0.39 is 10.0 Å². The molecule has 0 saturated carbocycles. The zero-order chi connectivity index (χ0) is 29.2. The Hall–Kier alpha value is -4.47. The van der Waals surface area contributed by atoms with E-state index in [0.717, 1.165) is 22.3 Å². The van der Waals surface area contributed by atoms with Crippen LogP contribution in [0.1, 0.15) is 22.3 Å². The van der Waals surface area contributed by atoms with Crippen LogP contribution in [-0.4, -0.2) is 13.4 Å². The fourth-order valence-corrected chi connectivity index (χ4v) is 5.31. The summed E-state index contributed by atoms with van der Waals surface area (Å²) in [6, 6.07) is 42.8. The Morgan fingerprint density at radius 3 is 1.69 bits per heavy atom. The van der Waals surface area contributed by atoms with Crippen LogP contribution in [0.15, 0.2) is 138 Å². The highest BCUT2D eigenvalue weighted by Gasteiger charge is 2.23. The summed E-state index contributed by atoms with van der Waals surface area (Å²) in [5.74, 6) is 0.670. The molecular formula is C34H34N4O3S. The van der Waals surface area contributed by atoms with Crippen LogP contribution >= 0.6 is 0 Å². The van der Waals surface area contributed by atoms with E-state index in [4.69, 9.17) is 9.88 Å². The molecule has 0 spiro atoms. The highest BCUT2D eigenvalue weighted by atomic mass is 32.2. The maximum Gasteiger partial charge on any atom is 0.241 e. The smallest absolute Gasteiger partial charge is 0.241 e. The third kappa shape index (κ3) is 8.28. The van der Waals surface area contributed by atoms with Crippen LogP contribution in [-0.2, 0) is 36.2 Å². The fourth-order valence-electron chi connectivity index (χ4n) is 4.59. The highest BCUT2D eigenvalue weighted by molar-refractivity contribution is 7.89. The number of hydrogen-bond donors (Lipinski definition) is 3. The van der Waals surface area contributed by atoms with Crippen LogP contribution in [0.25, 0.3) is 0 Å². The lowest BCUT2D eigenvalue weighted by molar-refractivity contribution is 0.164. The van der Waals surface area contributed by atoms with Crippen molar-refractivity contribution in [1.82, 2.24) is 10.4 Å². The van der Waals surface area contributed by atoms with Gasteiger partial charge in [0.15, 0.2) is 5.75 Å². The molecular weight excluding hydrogens is 544 g/mol. The molecule has 0 aliphatic carbocycles. The molecule has 0 fully saturated rings. The Labute approximate surface area is 247 Å². The van der Waals surface area contributed by atoms with Gasteiger partial charge in [-0.1, -0.05) is 109 Å². The van der Waals surface area contributed by atoms with Crippen molar-refractivity contribution in [3.63, 3.8) is 0 Å². The minimum atomic E-state index is -4.14. The van der Waals surface area contributed by atoms with Crippen LogP contribution in [0.5, 0.6) is 11.5 Å². The summed E-state index contributed by atoms with van der Waals surface area (Å²) in [4.78, 5) is -0.0814. The number of benzene rings is 5. The highest BCUT2D eigenvalue weighted by Crippen LogP contribution is 2.37. The van der Waals surface area contributed by atoms with E-state index >= 15 is 0 Å². The van der Waals surface area contributed by atoms with Gasteiger partial charge < -0.3 is 10.1 Å². The van der Waals surface area contributed by atoms with Crippen molar-refractivity contribution in [3.05, 3.63) is 156 Å². The average Bonchev–Trinajstić information content (AvgIpc) is 3.01. The van der Waals surface area contributed by atoms with Crippen molar-refractivity contribution in [1.29, 1.82) is 0 Å². The van der Waals surface area contributed by atoms with Gasteiger partial charge in [0.05, 0.1) is 5.69 Å². The molecule has 0 bridgehead atoms. The predicted molar refractivity (Wildman–Crippen MR) is 167 cm³/mol. The molecule has 7 nitrogen and oxygen atoms in total. The molecule has 0 amide bonds. The number of rotatable bonds is 13. The maximum absolute atomic E-state index is 13.0. The molecule has 0 heterocycles. The predicted octanol–water partition coefficient (Wildman–Crippen LogP) is 6.45. The molecule has 214 valence electrons.